The number of hydrogen-bond acceptors (Lipinski definition) is 4. The minimum atomic E-state index is -0.701. The van der Waals surface area contributed by atoms with Gasteiger partial charge in [-0.25, -0.2) is 9.69 Å². The number of fused-ring (bicyclic) bond motifs is 1. The Balaban J connectivity index is 1.80. The third-order valence-electron chi connectivity index (χ3n) is 4.54. The second-order valence-corrected chi connectivity index (χ2v) is 6.64. The fourth-order valence-electron chi connectivity index (χ4n) is 3.40. The minimum Gasteiger partial charge on any atom is -0.311 e. The summed E-state index contributed by atoms with van der Waals surface area (Å²) in [5.41, 5.74) is 1.33. The van der Waals surface area contributed by atoms with Gasteiger partial charge in [-0.3, -0.25) is 14.5 Å². The Kier molecular flexibility index (Phi) is 4.01. The van der Waals surface area contributed by atoms with E-state index >= 15 is 0 Å². The van der Waals surface area contributed by atoms with Crippen LogP contribution >= 0.6 is 11.3 Å². The van der Waals surface area contributed by atoms with Crippen LogP contribution in [0.4, 0.5) is 4.79 Å². The van der Waals surface area contributed by atoms with Gasteiger partial charge >= 0.3 is 17.8 Å². The van der Waals surface area contributed by atoms with Crippen molar-refractivity contribution >= 4 is 29.2 Å². The summed E-state index contributed by atoms with van der Waals surface area (Å²) in [5.74, 6) is -1.39. The fourth-order valence-corrected chi connectivity index (χ4v) is 4.35. The number of thiophene rings is 1. The predicted molar refractivity (Wildman–Crippen MR) is 81.4 cm³/mol. The number of carbonyl (C=O) groups is 3. The maximum atomic E-state index is 12.2. The van der Waals surface area contributed by atoms with Crippen LogP contribution in [-0.2, 0) is 16.0 Å². The van der Waals surface area contributed by atoms with Gasteiger partial charge in [0.15, 0.2) is 6.67 Å². The highest BCUT2D eigenvalue weighted by Crippen LogP contribution is 2.27. The van der Waals surface area contributed by atoms with Crippen LogP contribution in [0.15, 0.2) is 11.4 Å². The highest BCUT2D eigenvalue weighted by atomic mass is 32.1. The molecule has 118 valence electrons. The minimum absolute atomic E-state index is 0.237. The van der Waals surface area contributed by atoms with E-state index in [0.717, 1.165) is 29.2 Å². The first kappa shape index (κ1) is 15.2. The molecule has 6 nitrogen and oxygen atoms in total. The second-order valence-electron chi connectivity index (χ2n) is 5.64. The molecule has 3 rings (SSSR count). The number of hydrogen-bond donors (Lipinski definition) is 1. The number of amides is 4. The van der Waals surface area contributed by atoms with Crippen molar-refractivity contribution in [3.8, 4) is 0 Å². The molecule has 0 spiro atoms. The summed E-state index contributed by atoms with van der Waals surface area (Å²) in [7, 11) is 0. The summed E-state index contributed by atoms with van der Waals surface area (Å²) in [6, 6.07) is 1.95. The number of carbonyl (C=O) groups excluding carboxylic acids is 3. The van der Waals surface area contributed by atoms with Crippen LogP contribution in [0.25, 0.3) is 0 Å². The third-order valence-corrected chi connectivity index (χ3v) is 5.54. The number of imide groups is 2. The average molecular weight is 322 g/mol. The van der Waals surface area contributed by atoms with E-state index in [9.17, 15) is 14.4 Å². The molecule has 0 saturated carbocycles. The van der Waals surface area contributed by atoms with Crippen molar-refractivity contribution in [2.75, 3.05) is 19.8 Å². The molecule has 0 bridgehead atoms. The van der Waals surface area contributed by atoms with Crippen LogP contribution in [0.2, 0.25) is 0 Å². The monoisotopic (exact) mass is 322 g/mol. The molecule has 4 amide bonds. The molecule has 1 saturated heterocycles. The normalized spacial score (nSPS) is 25.1. The summed E-state index contributed by atoms with van der Waals surface area (Å²) in [5, 5.41) is 2.10. The Morgan fingerprint density at radius 3 is 2.59 bits per heavy atom. The zero-order valence-corrected chi connectivity index (χ0v) is 13.6. The maximum absolute atomic E-state index is 12.2. The number of urea groups is 1. The zero-order chi connectivity index (χ0) is 15.9. The molecule has 3 heterocycles. The van der Waals surface area contributed by atoms with Crippen molar-refractivity contribution in [3.05, 3.63) is 21.9 Å². The smallest absolute Gasteiger partial charge is 0.311 e. The third kappa shape index (κ3) is 2.24. The van der Waals surface area contributed by atoms with E-state index in [2.05, 4.69) is 18.4 Å². The van der Waals surface area contributed by atoms with E-state index in [0.29, 0.717) is 0 Å². The van der Waals surface area contributed by atoms with Crippen molar-refractivity contribution in [1.29, 1.82) is 0 Å². The first-order valence-electron chi connectivity index (χ1n) is 7.66. The summed E-state index contributed by atoms with van der Waals surface area (Å²) < 4.78 is 0. The van der Waals surface area contributed by atoms with Crippen LogP contribution < -0.4 is 4.90 Å². The SMILES string of the molecule is CC[C@H]1c2ccsc2CC[NH+]1CN1C(=O)C(=O)N(CC)C1=O. The molecule has 7 heteroatoms. The van der Waals surface area contributed by atoms with Gasteiger partial charge in [0.25, 0.3) is 0 Å². The molecule has 0 aliphatic carbocycles. The van der Waals surface area contributed by atoms with Crippen LogP contribution in [-0.4, -0.2) is 47.4 Å². The number of nitrogens with zero attached hydrogens (tertiary/aromatic N) is 2. The number of likely N-dealkylation sites (N-methyl/N-ethyl adjacent to an activating group) is 1. The Morgan fingerprint density at radius 2 is 1.95 bits per heavy atom. The predicted octanol–water partition coefficient (Wildman–Crippen LogP) is 0.408. The molecule has 1 unspecified atom stereocenters. The van der Waals surface area contributed by atoms with Gasteiger partial charge in [-0.1, -0.05) is 6.92 Å². The highest BCUT2D eigenvalue weighted by molar-refractivity contribution is 7.10. The van der Waals surface area contributed by atoms with Crippen molar-refractivity contribution in [2.45, 2.75) is 32.7 Å². The number of quaternary nitrogens is 1. The van der Waals surface area contributed by atoms with Crippen LogP contribution in [0.5, 0.6) is 0 Å². The summed E-state index contributed by atoms with van der Waals surface area (Å²) in [6.45, 7) is 5.21. The van der Waals surface area contributed by atoms with Gasteiger partial charge in [0.2, 0.25) is 0 Å². The quantitative estimate of drug-likeness (QED) is 0.645. The highest BCUT2D eigenvalue weighted by Gasteiger charge is 2.46. The van der Waals surface area contributed by atoms with E-state index in [1.165, 1.54) is 15.3 Å². The van der Waals surface area contributed by atoms with Crippen LogP contribution in [0.1, 0.15) is 36.8 Å². The molecular weight excluding hydrogens is 302 g/mol. The second kappa shape index (κ2) is 5.81. The first-order chi connectivity index (χ1) is 10.6. The lowest BCUT2D eigenvalue weighted by atomic mass is 9.98. The Labute approximate surface area is 133 Å². The summed E-state index contributed by atoms with van der Waals surface area (Å²) in [6.07, 6.45) is 1.90. The fraction of sp³-hybridized carbons (Fsp3) is 0.533. The Bertz CT molecular complexity index is 627. The lowest BCUT2D eigenvalue weighted by Gasteiger charge is -2.33. The largest absolute Gasteiger partial charge is 0.338 e. The van der Waals surface area contributed by atoms with Crippen LogP contribution in [0.3, 0.4) is 0 Å². The maximum Gasteiger partial charge on any atom is 0.338 e. The zero-order valence-electron chi connectivity index (χ0n) is 12.8. The van der Waals surface area contributed by atoms with Crippen molar-refractivity contribution in [3.63, 3.8) is 0 Å². The molecule has 2 aliphatic rings. The molecule has 1 N–H and O–H groups in total. The van der Waals surface area contributed by atoms with E-state index in [1.807, 2.05) is 0 Å². The lowest BCUT2D eigenvalue weighted by molar-refractivity contribution is -0.940. The topological polar surface area (TPSA) is 62.1 Å². The lowest BCUT2D eigenvalue weighted by Crippen LogP contribution is -3.14. The van der Waals surface area contributed by atoms with Gasteiger partial charge < -0.3 is 4.90 Å². The van der Waals surface area contributed by atoms with Gasteiger partial charge in [0, 0.05) is 29.8 Å². The molecule has 2 atom stereocenters. The molecule has 0 radical (unpaired) electrons. The van der Waals surface area contributed by atoms with E-state index < -0.39 is 17.8 Å². The summed E-state index contributed by atoms with van der Waals surface area (Å²) >= 11 is 1.77. The van der Waals surface area contributed by atoms with Gasteiger partial charge in [0.05, 0.1) is 6.54 Å². The molecule has 22 heavy (non-hydrogen) atoms. The molecule has 1 aromatic rings. The van der Waals surface area contributed by atoms with Gasteiger partial charge in [-0.2, -0.15) is 0 Å². The van der Waals surface area contributed by atoms with Gasteiger partial charge in [-0.15, -0.1) is 11.3 Å². The van der Waals surface area contributed by atoms with E-state index in [-0.39, 0.29) is 19.3 Å². The number of rotatable bonds is 4. The van der Waals surface area contributed by atoms with Crippen LogP contribution in [0, 0.1) is 0 Å². The first-order valence-corrected chi connectivity index (χ1v) is 8.54. The molecular formula is C15H20N3O3S+. The van der Waals surface area contributed by atoms with Crippen molar-refractivity contribution in [1.82, 2.24) is 9.80 Å². The van der Waals surface area contributed by atoms with Gasteiger partial charge in [0.1, 0.15) is 6.04 Å². The average Bonchev–Trinajstić information content (AvgIpc) is 3.06. The molecule has 1 fully saturated rings. The van der Waals surface area contributed by atoms with Crippen molar-refractivity contribution < 1.29 is 19.3 Å². The Hall–Kier alpha value is -1.73. The summed E-state index contributed by atoms with van der Waals surface area (Å²) in [4.78, 5) is 40.8. The molecule has 0 aromatic carbocycles. The molecule has 1 aromatic heterocycles. The van der Waals surface area contributed by atoms with E-state index in [4.69, 9.17) is 0 Å². The number of nitrogens with one attached hydrogen (secondary N) is 1. The van der Waals surface area contributed by atoms with Gasteiger partial charge in [-0.05, 0) is 18.4 Å². The van der Waals surface area contributed by atoms with E-state index in [1.54, 1.807) is 18.3 Å². The standard InChI is InChI=1S/C15H19N3O3S/c1-3-11-10-6-8-22-12(10)5-7-16(11)9-18-14(20)13(19)17(4-2)15(18)21/h6,8,11H,3-5,7,9H2,1-2H3/p+1/t11-/m0/s1. The molecule has 2 aliphatic heterocycles. The Morgan fingerprint density at radius 1 is 1.23 bits per heavy atom. The van der Waals surface area contributed by atoms with Crippen molar-refractivity contribution in [2.24, 2.45) is 0 Å².